The van der Waals surface area contributed by atoms with E-state index in [0.717, 1.165) is 23.8 Å². The van der Waals surface area contributed by atoms with Gasteiger partial charge in [-0.15, -0.1) is 0 Å². The van der Waals surface area contributed by atoms with Gasteiger partial charge in [-0.05, 0) is 79.9 Å². The lowest BCUT2D eigenvalue weighted by atomic mass is 9.68. The molecule has 3 rings (SSSR count). The van der Waals surface area contributed by atoms with Crippen molar-refractivity contribution in [2.75, 3.05) is 0 Å². The second-order valence-corrected chi connectivity index (χ2v) is 8.31. The van der Waals surface area contributed by atoms with Gasteiger partial charge in [0, 0.05) is 6.07 Å². The van der Waals surface area contributed by atoms with Gasteiger partial charge >= 0.3 is 0 Å². The minimum Gasteiger partial charge on any atom is -0.207 e. The molecule has 1 aromatic carbocycles. The number of halogens is 2. The first-order valence-electron chi connectivity index (χ1n) is 10.3. The van der Waals surface area contributed by atoms with Crippen LogP contribution in [0.4, 0.5) is 8.78 Å². The minimum absolute atomic E-state index is 0.498. The Hall–Kier alpha value is -1.18. The maximum absolute atomic E-state index is 13.3. The number of hydrogen-bond donors (Lipinski definition) is 0. The Kier molecular flexibility index (Phi) is 6.67. The molecule has 1 aromatic rings. The van der Waals surface area contributed by atoms with Crippen LogP contribution in [0.3, 0.4) is 0 Å². The van der Waals surface area contributed by atoms with Crippen molar-refractivity contribution in [2.45, 2.75) is 71.1 Å². The van der Waals surface area contributed by atoms with Crippen molar-refractivity contribution in [1.82, 2.24) is 0 Å². The molecular weight excluding hydrogens is 314 g/mol. The zero-order valence-corrected chi connectivity index (χ0v) is 15.5. The van der Waals surface area contributed by atoms with E-state index in [1.54, 1.807) is 0 Å². The molecule has 0 spiro atoms. The predicted molar refractivity (Wildman–Crippen MR) is 101 cm³/mol. The van der Waals surface area contributed by atoms with E-state index in [1.165, 1.54) is 76.3 Å². The maximum atomic E-state index is 13.3. The number of rotatable bonds is 5. The van der Waals surface area contributed by atoms with Crippen LogP contribution in [0.15, 0.2) is 24.3 Å². The van der Waals surface area contributed by atoms with Crippen molar-refractivity contribution in [3.63, 3.8) is 0 Å². The van der Waals surface area contributed by atoms with Crippen LogP contribution in [0.25, 0.3) is 6.08 Å². The summed E-state index contributed by atoms with van der Waals surface area (Å²) in [5.41, 5.74) is 0.633. The molecule has 0 aliphatic heterocycles. The molecular formula is C23H32F2. The Labute approximate surface area is 151 Å². The van der Waals surface area contributed by atoms with E-state index in [-0.39, 0.29) is 0 Å². The van der Waals surface area contributed by atoms with E-state index in [9.17, 15) is 8.78 Å². The lowest BCUT2D eigenvalue weighted by Gasteiger charge is -2.37. The fourth-order valence-corrected chi connectivity index (χ4v) is 5.08. The molecule has 2 heteroatoms. The highest BCUT2D eigenvalue weighted by molar-refractivity contribution is 5.49. The van der Waals surface area contributed by atoms with Gasteiger partial charge in [0.05, 0.1) is 0 Å². The van der Waals surface area contributed by atoms with E-state index in [4.69, 9.17) is 0 Å². The first-order valence-corrected chi connectivity index (χ1v) is 10.3. The topological polar surface area (TPSA) is 0 Å². The largest absolute Gasteiger partial charge is 0.207 e. The average molecular weight is 347 g/mol. The van der Waals surface area contributed by atoms with Gasteiger partial charge < -0.3 is 0 Å². The standard InChI is InChI=1S/C23H32F2/c1-2-3-17-6-10-20(11-7-17)21-12-8-18(9-13-21)4-5-19-14-22(24)16-23(25)15-19/h4-5,14-18,20-21H,2-3,6-13H2,1H3/b5-4+/t17-,18?,20-,21?. The average Bonchev–Trinajstić information content (AvgIpc) is 2.61. The third-order valence-corrected chi connectivity index (χ3v) is 6.52. The lowest BCUT2D eigenvalue weighted by Crippen LogP contribution is -2.25. The molecule has 138 valence electrons. The molecule has 25 heavy (non-hydrogen) atoms. The summed E-state index contributed by atoms with van der Waals surface area (Å²) in [5.74, 6) is 2.43. The molecule has 0 aromatic heterocycles. The molecule has 0 bridgehead atoms. The van der Waals surface area contributed by atoms with E-state index in [2.05, 4.69) is 13.0 Å². The molecule has 0 unspecified atom stereocenters. The summed E-state index contributed by atoms with van der Waals surface area (Å²) in [6.45, 7) is 2.30. The molecule has 0 radical (unpaired) electrons. The molecule has 0 nitrogen and oxygen atoms in total. The first-order chi connectivity index (χ1) is 12.1. The molecule has 0 heterocycles. The van der Waals surface area contributed by atoms with E-state index < -0.39 is 11.6 Å². The van der Waals surface area contributed by atoms with Gasteiger partial charge in [0.25, 0.3) is 0 Å². The monoisotopic (exact) mass is 346 g/mol. The second kappa shape index (κ2) is 8.96. The van der Waals surface area contributed by atoms with Gasteiger partial charge in [-0.2, -0.15) is 0 Å². The Morgan fingerprint density at radius 3 is 1.96 bits per heavy atom. The Bertz CT molecular complexity index is 541. The van der Waals surface area contributed by atoms with Crippen LogP contribution in [-0.2, 0) is 0 Å². The summed E-state index contributed by atoms with van der Waals surface area (Å²) >= 11 is 0. The highest BCUT2D eigenvalue weighted by Crippen LogP contribution is 2.42. The summed E-state index contributed by atoms with van der Waals surface area (Å²) in [6.07, 6.45) is 17.7. The van der Waals surface area contributed by atoms with Crippen LogP contribution in [0.2, 0.25) is 0 Å². The fourth-order valence-electron chi connectivity index (χ4n) is 5.08. The Balaban J connectivity index is 1.45. The quantitative estimate of drug-likeness (QED) is 0.521. The molecule has 2 saturated carbocycles. The summed E-state index contributed by atoms with van der Waals surface area (Å²) in [5, 5.41) is 0. The normalized spacial score (nSPS) is 30.7. The van der Waals surface area contributed by atoms with Crippen molar-refractivity contribution < 1.29 is 8.78 Å². The molecule has 0 saturated heterocycles. The van der Waals surface area contributed by atoms with Crippen LogP contribution in [0.5, 0.6) is 0 Å². The molecule has 2 fully saturated rings. The molecule has 0 N–H and O–H groups in total. The van der Waals surface area contributed by atoms with Crippen LogP contribution in [-0.4, -0.2) is 0 Å². The van der Waals surface area contributed by atoms with Crippen LogP contribution < -0.4 is 0 Å². The molecule has 0 atom stereocenters. The number of benzene rings is 1. The van der Waals surface area contributed by atoms with E-state index in [1.807, 2.05) is 6.08 Å². The van der Waals surface area contributed by atoms with E-state index in [0.29, 0.717) is 11.5 Å². The fraction of sp³-hybridized carbons (Fsp3) is 0.652. The maximum Gasteiger partial charge on any atom is 0.126 e. The summed E-state index contributed by atoms with van der Waals surface area (Å²) < 4.78 is 26.5. The number of allylic oxidation sites excluding steroid dienone is 1. The predicted octanol–water partition coefficient (Wildman–Crippen LogP) is 7.39. The van der Waals surface area contributed by atoms with Crippen molar-refractivity contribution in [1.29, 1.82) is 0 Å². The van der Waals surface area contributed by atoms with Gasteiger partial charge in [-0.1, -0.05) is 44.8 Å². The van der Waals surface area contributed by atoms with Crippen LogP contribution >= 0.6 is 0 Å². The summed E-state index contributed by atoms with van der Waals surface area (Å²) in [6, 6.07) is 3.73. The highest BCUT2D eigenvalue weighted by Gasteiger charge is 2.29. The zero-order chi connectivity index (χ0) is 17.6. The van der Waals surface area contributed by atoms with E-state index >= 15 is 0 Å². The number of hydrogen-bond acceptors (Lipinski definition) is 0. The van der Waals surface area contributed by atoms with Crippen LogP contribution in [0.1, 0.15) is 76.7 Å². The van der Waals surface area contributed by atoms with Crippen molar-refractivity contribution >= 4 is 6.08 Å². The lowest BCUT2D eigenvalue weighted by molar-refractivity contribution is 0.152. The van der Waals surface area contributed by atoms with Gasteiger partial charge in [0.1, 0.15) is 11.6 Å². The van der Waals surface area contributed by atoms with Crippen molar-refractivity contribution in [3.8, 4) is 0 Å². The zero-order valence-electron chi connectivity index (χ0n) is 15.5. The van der Waals surface area contributed by atoms with Gasteiger partial charge in [0.2, 0.25) is 0 Å². The van der Waals surface area contributed by atoms with Crippen molar-refractivity contribution in [3.05, 3.63) is 41.5 Å². The molecule has 2 aliphatic carbocycles. The van der Waals surface area contributed by atoms with Crippen molar-refractivity contribution in [2.24, 2.45) is 23.7 Å². The second-order valence-electron chi connectivity index (χ2n) is 8.31. The Morgan fingerprint density at radius 2 is 1.40 bits per heavy atom. The third-order valence-electron chi connectivity index (χ3n) is 6.52. The first kappa shape index (κ1) is 18.6. The van der Waals surface area contributed by atoms with Gasteiger partial charge in [-0.25, -0.2) is 8.78 Å². The SMILES string of the molecule is CCC[C@H]1CC[C@H](C2CCC(/C=C/c3cc(F)cc(F)c3)CC2)CC1. The highest BCUT2D eigenvalue weighted by atomic mass is 19.1. The smallest absolute Gasteiger partial charge is 0.126 e. The van der Waals surface area contributed by atoms with Gasteiger partial charge in [0.15, 0.2) is 0 Å². The molecule has 0 amide bonds. The summed E-state index contributed by atoms with van der Waals surface area (Å²) in [7, 11) is 0. The van der Waals surface area contributed by atoms with Crippen LogP contribution in [0, 0.1) is 35.3 Å². The Morgan fingerprint density at radius 1 is 0.840 bits per heavy atom. The minimum atomic E-state index is -0.498. The molecule has 2 aliphatic rings. The third kappa shape index (κ3) is 5.39. The summed E-state index contributed by atoms with van der Waals surface area (Å²) in [4.78, 5) is 0. The van der Waals surface area contributed by atoms with Gasteiger partial charge in [-0.3, -0.25) is 0 Å².